The first-order chi connectivity index (χ1) is 9.87. The summed E-state index contributed by atoms with van der Waals surface area (Å²) in [5.74, 6) is -0.464. The third-order valence-electron chi connectivity index (χ3n) is 3.39. The van der Waals surface area contributed by atoms with E-state index in [0.717, 1.165) is 30.0 Å². The lowest BCUT2D eigenvalue weighted by molar-refractivity contribution is -0.131. The predicted molar refractivity (Wildman–Crippen MR) is 81.1 cm³/mol. The van der Waals surface area contributed by atoms with E-state index in [1.165, 1.54) is 10.4 Å². The lowest BCUT2D eigenvalue weighted by Gasteiger charge is -2.17. The van der Waals surface area contributed by atoms with Gasteiger partial charge in [-0.05, 0) is 36.0 Å². The first-order valence-electron chi connectivity index (χ1n) is 6.81. The van der Waals surface area contributed by atoms with Gasteiger partial charge in [-0.15, -0.1) is 0 Å². The molecule has 1 fully saturated rings. The lowest BCUT2D eigenvalue weighted by atomic mass is 10.1. The molecule has 1 aromatic carbocycles. The van der Waals surface area contributed by atoms with Crippen LogP contribution >= 0.6 is 0 Å². The molecule has 0 bridgehead atoms. The van der Waals surface area contributed by atoms with Crippen LogP contribution in [0.1, 0.15) is 24.0 Å². The van der Waals surface area contributed by atoms with E-state index in [2.05, 4.69) is 0 Å². The average molecular weight is 309 g/mol. The minimum atomic E-state index is -3.21. The Hall–Kier alpha value is -1.66. The van der Waals surface area contributed by atoms with Gasteiger partial charge >= 0.3 is 5.97 Å². The van der Waals surface area contributed by atoms with Crippen molar-refractivity contribution in [2.75, 3.05) is 12.8 Å². The quantitative estimate of drug-likeness (QED) is 0.781. The van der Waals surface area contributed by atoms with Gasteiger partial charge in [0.1, 0.15) is 0 Å². The molecule has 5 nitrogen and oxygen atoms in total. The Morgan fingerprint density at radius 1 is 1.43 bits per heavy atom. The molecule has 0 amide bonds. The number of aliphatic carboxylic acids is 1. The summed E-state index contributed by atoms with van der Waals surface area (Å²) < 4.78 is 25.6. The van der Waals surface area contributed by atoms with Gasteiger partial charge < -0.3 is 5.11 Å². The molecule has 0 saturated heterocycles. The summed E-state index contributed by atoms with van der Waals surface area (Å²) in [7, 11) is -1.63. The number of sulfonamides is 1. The highest BCUT2D eigenvalue weighted by molar-refractivity contribution is 7.89. The van der Waals surface area contributed by atoms with Crippen LogP contribution in [0.4, 0.5) is 0 Å². The zero-order valence-corrected chi connectivity index (χ0v) is 12.7. The van der Waals surface area contributed by atoms with Crippen LogP contribution < -0.4 is 0 Å². The van der Waals surface area contributed by atoms with E-state index in [1.54, 1.807) is 25.2 Å². The highest BCUT2D eigenvalue weighted by atomic mass is 32.2. The second-order valence-electron chi connectivity index (χ2n) is 5.39. The number of carbonyl (C=O) groups is 1. The molecule has 2 rings (SSSR count). The molecular weight excluding hydrogens is 290 g/mol. The SMILES string of the molecule is CN(Cc1cccc(C=CC(=O)O)c1)S(=O)(=O)CC1CC1. The zero-order chi connectivity index (χ0) is 15.5. The maximum Gasteiger partial charge on any atom is 0.328 e. The monoisotopic (exact) mass is 309 g/mol. The number of carboxylic acid groups (broad SMARTS) is 1. The largest absolute Gasteiger partial charge is 0.478 e. The van der Waals surface area contributed by atoms with Gasteiger partial charge in [0.2, 0.25) is 10.0 Å². The van der Waals surface area contributed by atoms with Gasteiger partial charge in [0.15, 0.2) is 0 Å². The second-order valence-corrected chi connectivity index (χ2v) is 7.52. The maximum absolute atomic E-state index is 12.1. The van der Waals surface area contributed by atoms with Crippen LogP contribution in [0.5, 0.6) is 0 Å². The van der Waals surface area contributed by atoms with Crippen LogP contribution in [0, 0.1) is 5.92 Å². The van der Waals surface area contributed by atoms with Crippen LogP contribution in [-0.4, -0.2) is 36.6 Å². The van der Waals surface area contributed by atoms with Crippen molar-refractivity contribution in [1.82, 2.24) is 4.31 Å². The van der Waals surface area contributed by atoms with Crippen LogP contribution in [-0.2, 0) is 21.4 Å². The molecular formula is C15H19NO4S. The number of nitrogens with zero attached hydrogens (tertiary/aromatic N) is 1. The summed E-state index contributed by atoms with van der Waals surface area (Å²) >= 11 is 0. The van der Waals surface area contributed by atoms with Crippen molar-refractivity contribution in [1.29, 1.82) is 0 Å². The fraction of sp³-hybridized carbons (Fsp3) is 0.400. The number of hydrogen-bond acceptors (Lipinski definition) is 3. The minimum Gasteiger partial charge on any atom is -0.478 e. The van der Waals surface area contributed by atoms with E-state index < -0.39 is 16.0 Å². The molecule has 114 valence electrons. The van der Waals surface area contributed by atoms with Crippen LogP contribution in [0.2, 0.25) is 0 Å². The Morgan fingerprint density at radius 3 is 2.76 bits per heavy atom. The summed E-state index contributed by atoms with van der Waals surface area (Å²) in [6.45, 7) is 0.295. The average Bonchev–Trinajstić information content (AvgIpc) is 3.20. The molecule has 1 N–H and O–H groups in total. The molecule has 1 aliphatic rings. The van der Waals surface area contributed by atoms with E-state index in [0.29, 0.717) is 12.5 Å². The summed E-state index contributed by atoms with van der Waals surface area (Å²) in [4.78, 5) is 10.5. The van der Waals surface area contributed by atoms with Gasteiger partial charge in [-0.25, -0.2) is 17.5 Å². The molecule has 0 aliphatic heterocycles. The zero-order valence-electron chi connectivity index (χ0n) is 11.9. The van der Waals surface area contributed by atoms with E-state index >= 15 is 0 Å². The summed E-state index contributed by atoms with van der Waals surface area (Å²) in [6, 6.07) is 7.20. The Labute approximate surface area is 124 Å². The van der Waals surface area contributed by atoms with Crippen LogP contribution in [0.25, 0.3) is 6.08 Å². The van der Waals surface area contributed by atoms with Crippen molar-refractivity contribution in [3.05, 3.63) is 41.5 Å². The molecule has 1 aromatic rings. The first kappa shape index (κ1) is 15.7. The maximum atomic E-state index is 12.1. The van der Waals surface area contributed by atoms with E-state index in [9.17, 15) is 13.2 Å². The summed E-state index contributed by atoms with van der Waals surface area (Å²) in [5, 5.41) is 8.61. The molecule has 0 spiro atoms. The van der Waals surface area contributed by atoms with Crippen molar-refractivity contribution in [3.63, 3.8) is 0 Å². The molecule has 0 unspecified atom stereocenters. The van der Waals surface area contributed by atoms with E-state index in [4.69, 9.17) is 5.11 Å². The summed E-state index contributed by atoms with van der Waals surface area (Å²) in [6.07, 6.45) is 4.56. The predicted octanol–water partition coefficient (Wildman–Crippen LogP) is 1.96. The fourth-order valence-corrected chi connectivity index (χ4v) is 3.56. The van der Waals surface area contributed by atoms with Crippen molar-refractivity contribution in [2.45, 2.75) is 19.4 Å². The van der Waals surface area contributed by atoms with Crippen molar-refractivity contribution in [3.8, 4) is 0 Å². The number of rotatable bonds is 7. The number of hydrogen-bond donors (Lipinski definition) is 1. The number of benzene rings is 1. The van der Waals surface area contributed by atoms with Gasteiger partial charge in [-0.1, -0.05) is 24.3 Å². The molecule has 0 aromatic heterocycles. The minimum absolute atomic E-state index is 0.224. The van der Waals surface area contributed by atoms with Gasteiger partial charge in [0.05, 0.1) is 5.75 Å². The smallest absolute Gasteiger partial charge is 0.328 e. The third-order valence-corrected chi connectivity index (χ3v) is 5.36. The highest BCUT2D eigenvalue weighted by Gasteiger charge is 2.30. The van der Waals surface area contributed by atoms with E-state index in [1.807, 2.05) is 6.07 Å². The molecule has 0 heterocycles. The Balaban J connectivity index is 2.04. The topological polar surface area (TPSA) is 74.7 Å². The van der Waals surface area contributed by atoms with Crippen LogP contribution in [0.15, 0.2) is 30.3 Å². The molecule has 21 heavy (non-hydrogen) atoms. The second kappa shape index (κ2) is 6.41. The highest BCUT2D eigenvalue weighted by Crippen LogP contribution is 2.31. The fourth-order valence-electron chi connectivity index (χ4n) is 2.03. The molecule has 1 aliphatic carbocycles. The molecule has 1 saturated carbocycles. The molecule has 6 heteroatoms. The van der Waals surface area contributed by atoms with E-state index in [-0.39, 0.29) is 5.75 Å². The van der Waals surface area contributed by atoms with Crippen LogP contribution in [0.3, 0.4) is 0 Å². The molecule has 0 radical (unpaired) electrons. The van der Waals surface area contributed by atoms with Gasteiger partial charge in [-0.2, -0.15) is 0 Å². The van der Waals surface area contributed by atoms with Gasteiger partial charge in [-0.3, -0.25) is 0 Å². The van der Waals surface area contributed by atoms with Gasteiger partial charge in [0, 0.05) is 19.7 Å². The number of carboxylic acids is 1. The van der Waals surface area contributed by atoms with Crippen molar-refractivity contribution < 1.29 is 18.3 Å². The standard InChI is InChI=1S/C15H19NO4S/c1-16(21(19,20)11-13-5-6-13)10-14-4-2-3-12(9-14)7-8-15(17)18/h2-4,7-9,13H,5-6,10-11H2,1H3,(H,17,18). The normalized spacial score (nSPS) is 15.7. The summed E-state index contributed by atoms with van der Waals surface area (Å²) in [5.41, 5.74) is 1.58. The lowest BCUT2D eigenvalue weighted by Crippen LogP contribution is -2.29. The van der Waals surface area contributed by atoms with Crippen molar-refractivity contribution in [2.24, 2.45) is 5.92 Å². The Kier molecular flexibility index (Phi) is 4.80. The van der Waals surface area contributed by atoms with Gasteiger partial charge in [0.25, 0.3) is 0 Å². The Morgan fingerprint density at radius 2 is 2.14 bits per heavy atom. The van der Waals surface area contributed by atoms with Crippen molar-refractivity contribution >= 4 is 22.1 Å². The molecule has 0 atom stereocenters. The Bertz CT molecular complexity index is 647. The first-order valence-corrected chi connectivity index (χ1v) is 8.42. The third kappa shape index (κ3) is 4.99.